The highest BCUT2D eigenvalue weighted by atomic mass is 16.1. The Morgan fingerprint density at radius 1 is 1.21 bits per heavy atom. The number of rotatable bonds is 5. The Labute approximate surface area is 118 Å². The average Bonchev–Trinajstić information content (AvgIpc) is 2.27. The van der Waals surface area contributed by atoms with E-state index in [-0.39, 0.29) is 11.9 Å². The molecule has 1 aliphatic carbocycles. The van der Waals surface area contributed by atoms with Crippen molar-refractivity contribution in [3.63, 3.8) is 0 Å². The van der Waals surface area contributed by atoms with Crippen LogP contribution in [0.4, 0.5) is 0 Å². The van der Waals surface area contributed by atoms with Crippen molar-refractivity contribution in [1.29, 1.82) is 0 Å². The van der Waals surface area contributed by atoms with Gasteiger partial charge in [0.2, 0.25) is 5.91 Å². The minimum atomic E-state index is 0.158. The number of hydrogen-bond acceptors (Lipinski definition) is 2. The van der Waals surface area contributed by atoms with Gasteiger partial charge in [0, 0.05) is 25.0 Å². The van der Waals surface area contributed by atoms with Gasteiger partial charge in [-0.2, -0.15) is 0 Å². The molecule has 0 aromatic rings. The van der Waals surface area contributed by atoms with Crippen molar-refractivity contribution in [2.75, 3.05) is 6.54 Å². The zero-order chi connectivity index (χ0) is 14.5. The van der Waals surface area contributed by atoms with Gasteiger partial charge in [-0.15, -0.1) is 0 Å². The van der Waals surface area contributed by atoms with E-state index in [0.29, 0.717) is 17.9 Å². The lowest BCUT2D eigenvalue weighted by molar-refractivity contribution is -0.121. The van der Waals surface area contributed by atoms with Crippen LogP contribution in [0.1, 0.15) is 66.7 Å². The fraction of sp³-hybridized carbons (Fsp3) is 0.938. The molecule has 2 unspecified atom stereocenters. The van der Waals surface area contributed by atoms with Gasteiger partial charge in [0.25, 0.3) is 0 Å². The lowest BCUT2D eigenvalue weighted by Crippen LogP contribution is -2.45. The highest BCUT2D eigenvalue weighted by Crippen LogP contribution is 2.37. The van der Waals surface area contributed by atoms with Crippen molar-refractivity contribution < 1.29 is 4.79 Å². The summed E-state index contributed by atoms with van der Waals surface area (Å²) in [5, 5.41) is 6.56. The smallest absolute Gasteiger partial charge is 0.221 e. The van der Waals surface area contributed by atoms with Crippen LogP contribution in [0.25, 0.3) is 0 Å². The molecule has 0 aromatic carbocycles. The van der Waals surface area contributed by atoms with Crippen molar-refractivity contribution in [1.82, 2.24) is 10.6 Å². The fourth-order valence-corrected chi connectivity index (χ4v) is 3.18. The van der Waals surface area contributed by atoms with Crippen molar-refractivity contribution in [3.8, 4) is 0 Å². The molecule has 0 spiro atoms. The van der Waals surface area contributed by atoms with Crippen LogP contribution in [0.2, 0.25) is 0 Å². The topological polar surface area (TPSA) is 41.1 Å². The minimum absolute atomic E-state index is 0.158. The summed E-state index contributed by atoms with van der Waals surface area (Å²) in [6.07, 6.45) is 5.84. The Bertz CT molecular complexity index is 281. The summed E-state index contributed by atoms with van der Waals surface area (Å²) < 4.78 is 0. The summed E-state index contributed by atoms with van der Waals surface area (Å²) in [5.41, 5.74) is 0.359. The van der Waals surface area contributed by atoms with Gasteiger partial charge in [-0.25, -0.2) is 0 Å². The Morgan fingerprint density at radius 3 is 2.42 bits per heavy atom. The van der Waals surface area contributed by atoms with Crippen LogP contribution in [0.3, 0.4) is 0 Å². The number of nitrogens with one attached hydrogen (secondary N) is 2. The summed E-state index contributed by atoms with van der Waals surface area (Å²) in [5.74, 6) is 0.889. The standard InChI is InChI=1S/C16H32N2O/c1-12(2)18-15(19)10-11-17-14-9-7-6-8-13(14)16(3,4)5/h12-14,17H,6-11H2,1-5H3,(H,18,19). The first-order valence-electron chi connectivity index (χ1n) is 7.83. The van der Waals surface area contributed by atoms with Crippen molar-refractivity contribution in [2.45, 2.75) is 78.8 Å². The predicted molar refractivity (Wildman–Crippen MR) is 81.1 cm³/mol. The van der Waals surface area contributed by atoms with Gasteiger partial charge >= 0.3 is 0 Å². The maximum absolute atomic E-state index is 11.6. The third-order valence-electron chi connectivity index (χ3n) is 4.09. The third kappa shape index (κ3) is 5.94. The molecule has 2 atom stereocenters. The van der Waals surface area contributed by atoms with Crippen molar-refractivity contribution in [3.05, 3.63) is 0 Å². The van der Waals surface area contributed by atoms with Crippen molar-refractivity contribution >= 4 is 5.91 Å². The molecule has 0 aliphatic heterocycles. The molecule has 1 rings (SSSR count). The maximum atomic E-state index is 11.6. The van der Waals surface area contributed by atoms with Crippen LogP contribution in [0.15, 0.2) is 0 Å². The van der Waals surface area contributed by atoms with E-state index in [4.69, 9.17) is 0 Å². The van der Waals surface area contributed by atoms with Gasteiger partial charge in [-0.05, 0) is 38.0 Å². The maximum Gasteiger partial charge on any atom is 0.221 e. The number of carbonyl (C=O) groups excluding carboxylic acids is 1. The molecule has 1 fully saturated rings. The largest absolute Gasteiger partial charge is 0.354 e. The molecule has 1 amide bonds. The first-order valence-corrected chi connectivity index (χ1v) is 7.83. The highest BCUT2D eigenvalue weighted by Gasteiger charge is 2.33. The van der Waals surface area contributed by atoms with E-state index >= 15 is 0 Å². The predicted octanol–water partition coefficient (Wildman–Crippen LogP) is 3.10. The molecule has 0 heterocycles. The zero-order valence-corrected chi connectivity index (χ0v) is 13.4. The molecule has 19 heavy (non-hydrogen) atoms. The van der Waals surface area contributed by atoms with Gasteiger partial charge in [0.1, 0.15) is 0 Å². The van der Waals surface area contributed by atoms with Crippen LogP contribution in [0, 0.1) is 11.3 Å². The molecule has 3 nitrogen and oxygen atoms in total. The highest BCUT2D eigenvalue weighted by molar-refractivity contribution is 5.76. The third-order valence-corrected chi connectivity index (χ3v) is 4.09. The van der Waals surface area contributed by atoms with Gasteiger partial charge in [0.05, 0.1) is 0 Å². The normalized spacial score (nSPS) is 24.5. The molecule has 0 bridgehead atoms. The van der Waals surface area contributed by atoms with Crippen LogP contribution in [0.5, 0.6) is 0 Å². The number of hydrogen-bond donors (Lipinski definition) is 2. The van der Waals surface area contributed by atoms with Crippen LogP contribution in [-0.4, -0.2) is 24.5 Å². The second-order valence-electron chi connectivity index (χ2n) is 7.29. The molecule has 3 heteroatoms. The summed E-state index contributed by atoms with van der Waals surface area (Å²) in [6.45, 7) is 11.8. The van der Waals surface area contributed by atoms with E-state index < -0.39 is 0 Å². The van der Waals surface area contributed by atoms with E-state index in [1.54, 1.807) is 0 Å². The van der Waals surface area contributed by atoms with E-state index in [1.807, 2.05) is 13.8 Å². The zero-order valence-electron chi connectivity index (χ0n) is 13.4. The van der Waals surface area contributed by atoms with Crippen LogP contribution in [-0.2, 0) is 4.79 Å². The van der Waals surface area contributed by atoms with Crippen LogP contribution >= 0.6 is 0 Å². The van der Waals surface area contributed by atoms with Crippen molar-refractivity contribution in [2.24, 2.45) is 11.3 Å². The molecule has 1 saturated carbocycles. The Morgan fingerprint density at radius 2 is 1.84 bits per heavy atom. The summed E-state index contributed by atoms with van der Waals surface area (Å²) in [6, 6.07) is 0.824. The monoisotopic (exact) mass is 268 g/mol. The summed E-state index contributed by atoms with van der Waals surface area (Å²) in [4.78, 5) is 11.6. The fourth-order valence-electron chi connectivity index (χ4n) is 3.18. The number of amides is 1. The molecular formula is C16H32N2O. The van der Waals surface area contributed by atoms with Gasteiger partial charge < -0.3 is 10.6 Å². The molecule has 2 N–H and O–H groups in total. The SMILES string of the molecule is CC(C)NC(=O)CCNC1CCCCC1C(C)(C)C. The first kappa shape index (κ1) is 16.5. The quantitative estimate of drug-likeness (QED) is 0.804. The number of carbonyl (C=O) groups is 1. The van der Waals surface area contributed by atoms with E-state index in [9.17, 15) is 4.79 Å². The molecule has 0 aromatic heterocycles. The van der Waals surface area contributed by atoms with E-state index in [1.165, 1.54) is 25.7 Å². The lowest BCUT2D eigenvalue weighted by atomic mass is 9.69. The Balaban J connectivity index is 2.36. The van der Waals surface area contributed by atoms with Gasteiger partial charge in [-0.1, -0.05) is 33.6 Å². The molecule has 0 radical (unpaired) electrons. The second kappa shape index (κ2) is 7.28. The average molecular weight is 268 g/mol. The lowest BCUT2D eigenvalue weighted by Gasteiger charge is -2.41. The summed E-state index contributed by atoms with van der Waals surface area (Å²) >= 11 is 0. The van der Waals surface area contributed by atoms with Crippen LogP contribution < -0.4 is 10.6 Å². The van der Waals surface area contributed by atoms with E-state index in [2.05, 4.69) is 31.4 Å². The molecule has 0 saturated heterocycles. The van der Waals surface area contributed by atoms with E-state index in [0.717, 1.165) is 12.5 Å². The van der Waals surface area contributed by atoms with Gasteiger partial charge in [0.15, 0.2) is 0 Å². The molecular weight excluding hydrogens is 236 g/mol. The minimum Gasteiger partial charge on any atom is -0.354 e. The second-order valence-corrected chi connectivity index (χ2v) is 7.29. The Kier molecular flexibility index (Phi) is 6.31. The first-order chi connectivity index (χ1) is 8.80. The van der Waals surface area contributed by atoms with Gasteiger partial charge in [-0.3, -0.25) is 4.79 Å². The molecule has 112 valence electrons. The summed E-state index contributed by atoms with van der Waals surface area (Å²) in [7, 11) is 0. The Hall–Kier alpha value is -0.570. The molecule has 1 aliphatic rings.